The van der Waals surface area contributed by atoms with Gasteiger partial charge in [0.15, 0.2) is 17.8 Å². The number of rotatable bonds is 2. The number of anilines is 1. The van der Waals surface area contributed by atoms with E-state index in [-0.39, 0.29) is 11.1 Å². The number of aliphatic hydroxyl groups excluding tert-OH is 1. The fourth-order valence-electron chi connectivity index (χ4n) is 2.13. The number of fused-ring (bicyclic) bond motifs is 1. The number of halogens is 1. The molecule has 1 aliphatic heterocycles. The third kappa shape index (κ3) is 2.02. The number of aromatic nitrogens is 4. The number of nitrogen functional groups attached to an aromatic ring is 1. The van der Waals surface area contributed by atoms with Gasteiger partial charge in [-0.3, -0.25) is 4.57 Å². The van der Waals surface area contributed by atoms with Crippen LogP contribution in [0.2, 0.25) is 5.28 Å². The Balaban J connectivity index is 2.02. The smallest absolute Gasteiger partial charge is 0.226 e. The second-order valence-electron chi connectivity index (χ2n) is 4.20. The van der Waals surface area contributed by atoms with Gasteiger partial charge in [-0.1, -0.05) is 0 Å². The van der Waals surface area contributed by atoms with E-state index in [1.165, 1.54) is 13.4 Å². The molecule has 0 bridgehead atoms. The summed E-state index contributed by atoms with van der Waals surface area (Å²) in [5, 5.41) is 9.81. The van der Waals surface area contributed by atoms with Crippen LogP contribution in [0.1, 0.15) is 12.6 Å². The zero-order valence-electron chi connectivity index (χ0n) is 10.0. The highest BCUT2D eigenvalue weighted by Gasteiger charge is 2.36. The summed E-state index contributed by atoms with van der Waals surface area (Å²) in [5.41, 5.74) is 6.64. The number of ether oxygens (including phenoxy) is 2. The third-order valence-electron chi connectivity index (χ3n) is 3.01. The maximum atomic E-state index is 9.77. The molecule has 3 N–H and O–H groups in total. The van der Waals surface area contributed by atoms with Gasteiger partial charge < -0.3 is 20.3 Å². The van der Waals surface area contributed by atoms with Crippen LogP contribution in [0.5, 0.6) is 0 Å². The fraction of sp³-hybridized carbons (Fsp3) is 0.500. The second kappa shape index (κ2) is 4.57. The van der Waals surface area contributed by atoms with Gasteiger partial charge in [-0.25, -0.2) is 4.98 Å². The van der Waals surface area contributed by atoms with Crippen LogP contribution in [0, 0.1) is 0 Å². The minimum Gasteiger partial charge on any atom is -0.388 e. The maximum absolute atomic E-state index is 9.77. The van der Waals surface area contributed by atoms with Crippen LogP contribution in [0.4, 0.5) is 5.82 Å². The van der Waals surface area contributed by atoms with E-state index in [0.717, 1.165) is 0 Å². The van der Waals surface area contributed by atoms with Crippen molar-refractivity contribution in [3.05, 3.63) is 11.6 Å². The Bertz CT molecular complexity index is 618. The minimum absolute atomic E-state index is 0.0357. The standard InChI is InChI=1S/C10H12ClN5O3/c1-18-9-4(17)2-5(19-9)16-3-13-6-7(12)14-10(11)15-8(6)16/h3-5,9,17H,2H2,1H3,(H2,12,14,15)/t4-,5+,9-/m0/s1. The molecule has 9 heteroatoms. The summed E-state index contributed by atoms with van der Waals surface area (Å²) in [4.78, 5) is 12.1. The Morgan fingerprint density at radius 3 is 3.05 bits per heavy atom. The average Bonchev–Trinajstić information content (AvgIpc) is 2.92. The second-order valence-corrected chi connectivity index (χ2v) is 4.54. The fourth-order valence-corrected chi connectivity index (χ4v) is 2.30. The number of imidazole rings is 1. The Morgan fingerprint density at radius 2 is 2.37 bits per heavy atom. The predicted molar refractivity (Wildman–Crippen MR) is 66.3 cm³/mol. The van der Waals surface area contributed by atoms with Crippen LogP contribution < -0.4 is 5.73 Å². The first-order chi connectivity index (χ1) is 9.10. The number of hydrogen-bond donors (Lipinski definition) is 2. The van der Waals surface area contributed by atoms with Gasteiger partial charge in [-0.05, 0) is 11.6 Å². The first-order valence-electron chi connectivity index (χ1n) is 5.62. The van der Waals surface area contributed by atoms with Crippen molar-refractivity contribution in [1.29, 1.82) is 0 Å². The van der Waals surface area contributed by atoms with E-state index in [2.05, 4.69) is 15.0 Å². The molecule has 2 aromatic heterocycles. The van der Waals surface area contributed by atoms with E-state index >= 15 is 0 Å². The lowest BCUT2D eigenvalue weighted by molar-refractivity contribution is -0.160. The molecule has 1 saturated heterocycles. The van der Waals surface area contributed by atoms with Crippen LogP contribution in [-0.4, -0.2) is 44.1 Å². The molecule has 3 rings (SSSR count). The van der Waals surface area contributed by atoms with E-state index in [9.17, 15) is 5.11 Å². The van der Waals surface area contributed by atoms with Crippen LogP contribution in [0.15, 0.2) is 6.33 Å². The molecule has 3 heterocycles. The SMILES string of the molecule is CO[C@H]1O[C@@H](n2cnc3c(N)nc(Cl)nc32)C[C@@H]1O. The van der Waals surface area contributed by atoms with Gasteiger partial charge in [0.25, 0.3) is 0 Å². The number of methoxy groups -OCH3 is 1. The Morgan fingerprint density at radius 1 is 1.58 bits per heavy atom. The molecule has 0 amide bonds. The number of nitrogens with two attached hydrogens (primary N) is 1. The van der Waals surface area contributed by atoms with Gasteiger partial charge in [-0.15, -0.1) is 0 Å². The number of aliphatic hydroxyl groups is 1. The lowest BCUT2D eigenvalue weighted by Crippen LogP contribution is -2.22. The van der Waals surface area contributed by atoms with Crippen LogP contribution in [0.3, 0.4) is 0 Å². The predicted octanol–water partition coefficient (Wildman–Crippen LogP) is 0.314. The van der Waals surface area contributed by atoms with Crippen molar-refractivity contribution in [2.24, 2.45) is 0 Å². The highest BCUT2D eigenvalue weighted by molar-refractivity contribution is 6.28. The van der Waals surface area contributed by atoms with Crippen molar-refractivity contribution in [3.8, 4) is 0 Å². The van der Waals surface area contributed by atoms with Gasteiger partial charge in [0, 0.05) is 13.5 Å². The van der Waals surface area contributed by atoms with E-state index in [1.807, 2.05) is 0 Å². The van der Waals surface area contributed by atoms with Crippen molar-refractivity contribution in [2.45, 2.75) is 25.0 Å². The average molecular weight is 286 g/mol. The van der Waals surface area contributed by atoms with E-state index in [4.69, 9.17) is 26.8 Å². The van der Waals surface area contributed by atoms with Gasteiger partial charge in [0.2, 0.25) is 5.28 Å². The van der Waals surface area contributed by atoms with Gasteiger partial charge in [0.05, 0.1) is 6.33 Å². The molecule has 102 valence electrons. The Kier molecular flexibility index (Phi) is 3.02. The minimum atomic E-state index is -0.706. The normalized spacial score (nSPS) is 27.2. The molecule has 0 aromatic carbocycles. The molecule has 0 unspecified atom stereocenters. The monoisotopic (exact) mass is 285 g/mol. The largest absolute Gasteiger partial charge is 0.388 e. The van der Waals surface area contributed by atoms with Gasteiger partial charge in [-0.2, -0.15) is 9.97 Å². The summed E-state index contributed by atoms with van der Waals surface area (Å²) in [6, 6.07) is 0. The first kappa shape index (κ1) is 12.5. The Hall–Kier alpha value is -1.48. The van der Waals surface area contributed by atoms with Crippen LogP contribution >= 0.6 is 11.6 Å². The molecule has 19 heavy (non-hydrogen) atoms. The molecule has 8 nitrogen and oxygen atoms in total. The van der Waals surface area contributed by atoms with E-state index in [1.54, 1.807) is 4.57 Å². The topological polar surface area (TPSA) is 108 Å². The van der Waals surface area contributed by atoms with Crippen molar-refractivity contribution in [2.75, 3.05) is 12.8 Å². The summed E-state index contributed by atoms with van der Waals surface area (Å²) in [5.74, 6) is 0.204. The quantitative estimate of drug-likeness (QED) is 0.765. The van der Waals surface area contributed by atoms with Crippen molar-refractivity contribution >= 4 is 28.6 Å². The zero-order valence-corrected chi connectivity index (χ0v) is 10.8. The molecule has 0 spiro atoms. The summed E-state index contributed by atoms with van der Waals surface area (Å²) < 4.78 is 12.2. The molecule has 1 fully saturated rings. The molecule has 2 aromatic rings. The third-order valence-corrected chi connectivity index (χ3v) is 3.18. The van der Waals surface area contributed by atoms with Crippen molar-refractivity contribution in [3.63, 3.8) is 0 Å². The summed E-state index contributed by atoms with van der Waals surface area (Å²) in [6.07, 6.45) is 0.0852. The Labute approximate surface area is 113 Å². The lowest BCUT2D eigenvalue weighted by Gasteiger charge is -2.13. The van der Waals surface area contributed by atoms with E-state index < -0.39 is 18.6 Å². The summed E-state index contributed by atoms with van der Waals surface area (Å²) in [7, 11) is 1.47. The van der Waals surface area contributed by atoms with Crippen molar-refractivity contribution in [1.82, 2.24) is 19.5 Å². The lowest BCUT2D eigenvalue weighted by atomic mass is 10.2. The van der Waals surface area contributed by atoms with E-state index in [0.29, 0.717) is 17.6 Å². The van der Waals surface area contributed by atoms with Crippen molar-refractivity contribution < 1.29 is 14.6 Å². The highest BCUT2D eigenvalue weighted by atomic mass is 35.5. The molecular weight excluding hydrogens is 274 g/mol. The van der Waals surface area contributed by atoms with Crippen LogP contribution in [-0.2, 0) is 9.47 Å². The highest BCUT2D eigenvalue weighted by Crippen LogP contribution is 2.31. The van der Waals surface area contributed by atoms with Gasteiger partial charge in [0.1, 0.15) is 17.8 Å². The summed E-state index contributed by atoms with van der Waals surface area (Å²) in [6.45, 7) is 0. The first-order valence-corrected chi connectivity index (χ1v) is 6.00. The zero-order chi connectivity index (χ0) is 13.6. The molecule has 0 radical (unpaired) electrons. The molecular formula is C10H12ClN5O3. The van der Waals surface area contributed by atoms with Crippen LogP contribution in [0.25, 0.3) is 11.2 Å². The molecule has 0 saturated carbocycles. The summed E-state index contributed by atoms with van der Waals surface area (Å²) >= 11 is 5.79. The van der Waals surface area contributed by atoms with Gasteiger partial charge >= 0.3 is 0 Å². The maximum Gasteiger partial charge on any atom is 0.226 e. The molecule has 1 aliphatic rings. The number of hydrogen-bond acceptors (Lipinski definition) is 7. The molecule has 3 atom stereocenters. The molecule has 0 aliphatic carbocycles. The number of nitrogens with zero attached hydrogens (tertiary/aromatic N) is 4.